The zero-order valence-corrected chi connectivity index (χ0v) is 17.3. The average molecular weight is 405 g/mol. The van der Waals surface area contributed by atoms with Crippen molar-refractivity contribution in [1.82, 2.24) is 4.90 Å². The number of hydrogen-bond donors (Lipinski definition) is 2. The summed E-state index contributed by atoms with van der Waals surface area (Å²) in [4.78, 5) is 2.37. The van der Waals surface area contributed by atoms with Crippen molar-refractivity contribution < 1.29 is 5.11 Å². The van der Waals surface area contributed by atoms with Gasteiger partial charge in [-0.1, -0.05) is 23.3 Å². The number of nitrogens with zero attached hydrogens (tertiary/aromatic N) is 1. The summed E-state index contributed by atoms with van der Waals surface area (Å²) in [5, 5.41) is 14.3. The number of likely N-dealkylation sites (N-methyl/N-ethyl adjacent to an activating group) is 1. The van der Waals surface area contributed by atoms with Gasteiger partial charge in [-0.3, -0.25) is 4.90 Å². The van der Waals surface area contributed by atoms with Crippen molar-refractivity contribution in [1.29, 1.82) is 0 Å². The largest absolute Gasteiger partial charge is 0.508 e. The molecule has 3 rings (SSSR count). The first kappa shape index (κ1) is 18.5. The van der Waals surface area contributed by atoms with E-state index >= 15 is 0 Å². The van der Waals surface area contributed by atoms with Crippen molar-refractivity contribution >= 4 is 21.6 Å². The number of halogens is 1. The number of phenols is 1. The molecule has 0 bridgehead atoms. The third-order valence-electron chi connectivity index (χ3n) is 5.69. The first-order valence-corrected chi connectivity index (χ1v) is 9.92. The molecule has 0 aliphatic carbocycles. The van der Waals surface area contributed by atoms with Crippen LogP contribution in [0.4, 0.5) is 5.69 Å². The Kier molecular flexibility index (Phi) is 5.31. The van der Waals surface area contributed by atoms with E-state index in [0.717, 1.165) is 48.0 Å². The minimum absolute atomic E-state index is 0.0459. The Hall–Kier alpha value is -1.26. The lowest BCUT2D eigenvalue weighted by Crippen LogP contribution is -2.41. The molecule has 0 saturated carbocycles. The monoisotopic (exact) mass is 404 g/mol. The van der Waals surface area contributed by atoms with E-state index in [0.29, 0.717) is 5.75 Å². The number of fused-ring (bicyclic) bond motifs is 3. The molecule has 0 unspecified atom stereocenters. The van der Waals surface area contributed by atoms with E-state index in [1.807, 2.05) is 12.1 Å². The van der Waals surface area contributed by atoms with E-state index in [2.05, 4.69) is 66.1 Å². The zero-order valence-electron chi connectivity index (χ0n) is 15.7. The van der Waals surface area contributed by atoms with Gasteiger partial charge < -0.3 is 10.4 Å². The summed E-state index contributed by atoms with van der Waals surface area (Å²) in [6.07, 6.45) is 9.18. The molecule has 2 atom stereocenters. The van der Waals surface area contributed by atoms with Crippen LogP contribution in [0.2, 0.25) is 0 Å². The highest BCUT2D eigenvalue weighted by Gasteiger charge is 2.53. The fourth-order valence-corrected chi connectivity index (χ4v) is 4.73. The van der Waals surface area contributed by atoms with Crippen molar-refractivity contribution in [3.63, 3.8) is 0 Å². The number of rotatable bonds is 5. The molecule has 0 amide bonds. The van der Waals surface area contributed by atoms with Gasteiger partial charge in [0.15, 0.2) is 0 Å². The van der Waals surface area contributed by atoms with Gasteiger partial charge in [-0.25, -0.2) is 0 Å². The number of anilines is 1. The summed E-state index contributed by atoms with van der Waals surface area (Å²) in [7, 11) is 2.17. The highest BCUT2D eigenvalue weighted by Crippen LogP contribution is 2.55. The van der Waals surface area contributed by atoms with Gasteiger partial charge in [0.05, 0.1) is 11.9 Å². The molecule has 4 heteroatoms. The summed E-state index contributed by atoms with van der Waals surface area (Å²) >= 11 is 3.65. The van der Waals surface area contributed by atoms with E-state index < -0.39 is 0 Å². The Balaban J connectivity index is 1.88. The molecule has 1 fully saturated rings. The van der Waals surface area contributed by atoms with Crippen LogP contribution in [0.1, 0.15) is 52.0 Å². The lowest BCUT2D eigenvalue weighted by Gasteiger charge is -2.31. The van der Waals surface area contributed by atoms with Crippen molar-refractivity contribution in [2.24, 2.45) is 0 Å². The Morgan fingerprint density at radius 2 is 2.12 bits per heavy atom. The first-order valence-electron chi connectivity index (χ1n) is 9.13. The van der Waals surface area contributed by atoms with Crippen LogP contribution in [0.5, 0.6) is 5.75 Å². The van der Waals surface area contributed by atoms with Crippen LogP contribution in [-0.2, 0) is 5.41 Å². The second-order valence-corrected chi connectivity index (χ2v) is 8.68. The van der Waals surface area contributed by atoms with Crippen LogP contribution < -0.4 is 5.32 Å². The average Bonchev–Trinajstić information content (AvgIpc) is 3.05. The van der Waals surface area contributed by atoms with Gasteiger partial charge >= 0.3 is 0 Å². The van der Waals surface area contributed by atoms with Crippen LogP contribution in [-0.4, -0.2) is 29.8 Å². The maximum Gasteiger partial charge on any atom is 0.121 e. The molecule has 0 aromatic heterocycles. The fourth-order valence-electron chi connectivity index (χ4n) is 4.28. The molecule has 2 heterocycles. The molecule has 1 saturated heterocycles. The molecule has 136 valence electrons. The Morgan fingerprint density at radius 1 is 1.36 bits per heavy atom. The molecule has 3 nitrogen and oxygen atoms in total. The highest BCUT2D eigenvalue weighted by molar-refractivity contribution is 9.10. The Bertz CT molecular complexity index is 721. The molecule has 2 N–H and O–H groups in total. The molecule has 1 aromatic rings. The first-order chi connectivity index (χ1) is 11.8. The number of nitrogens with one attached hydrogen (secondary N) is 1. The summed E-state index contributed by atoms with van der Waals surface area (Å²) in [6.45, 7) is 7.58. The van der Waals surface area contributed by atoms with Gasteiger partial charge in [0.25, 0.3) is 0 Å². The number of allylic oxidation sites excluding steroid dienone is 4. The molecule has 2 aliphatic heterocycles. The molecule has 0 spiro atoms. The lowest BCUT2D eigenvalue weighted by molar-refractivity contribution is 0.282. The van der Waals surface area contributed by atoms with E-state index in [4.69, 9.17) is 0 Å². The minimum atomic E-state index is -0.0459. The van der Waals surface area contributed by atoms with Crippen LogP contribution in [0.3, 0.4) is 0 Å². The highest BCUT2D eigenvalue weighted by atomic mass is 79.9. The standard InChI is InChI=1S/C21H29BrN2O/c1-14(2)6-5-7-15(3)10-11-21-12-13-24(4)20(21)23-19-16(22)8-9-17(25)18(19)21/h6,8-10,20,23,25H,5,7,11-13H2,1-4H3/t20-,21-/m0/s1. The van der Waals surface area contributed by atoms with Gasteiger partial charge in [0.1, 0.15) is 5.75 Å². The molecular weight excluding hydrogens is 376 g/mol. The Morgan fingerprint density at radius 3 is 2.84 bits per heavy atom. The van der Waals surface area contributed by atoms with Gasteiger partial charge in [0, 0.05) is 22.0 Å². The lowest BCUT2D eigenvalue weighted by atomic mass is 9.75. The quantitative estimate of drug-likeness (QED) is 0.630. The third kappa shape index (κ3) is 3.39. The summed E-state index contributed by atoms with van der Waals surface area (Å²) < 4.78 is 1.03. The maximum absolute atomic E-state index is 10.6. The predicted octanol–water partition coefficient (Wildman–Crippen LogP) is 5.56. The topological polar surface area (TPSA) is 35.5 Å². The normalized spacial score (nSPS) is 25.5. The number of hydrogen-bond acceptors (Lipinski definition) is 3. The molecule has 2 aliphatic rings. The van der Waals surface area contributed by atoms with E-state index in [9.17, 15) is 5.11 Å². The van der Waals surface area contributed by atoms with Crippen molar-refractivity contribution in [3.8, 4) is 5.75 Å². The fraction of sp³-hybridized carbons (Fsp3) is 0.524. The maximum atomic E-state index is 10.6. The van der Waals surface area contributed by atoms with E-state index in [1.165, 1.54) is 11.1 Å². The predicted molar refractivity (Wildman–Crippen MR) is 109 cm³/mol. The van der Waals surface area contributed by atoms with E-state index in [-0.39, 0.29) is 11.6 Å². The minimum Gasteiger partial charge on any atom is -0.508 e. The third-order valence-corrected chi connectivity index (χ3v) is 6.35. The molecule has 0 radical (unpaired) electrons. The summed E-state index contributed by atoms with van der Waals surface area (Å²) in [5.41, 5.74) is 4.92. The van der Waals surface area contributed by atoms with Crippen molar-refractivity contribution in [2.45, 2.75) is 58.0 Å². The number of likely N-dealkylation sites (tertiary alicyclic amines) is 1. The van der Waals surface area contributed by atoms with Gasteiger partial charge in [-0.2, -0.15) is 0 Å². The van der Waals surface area contributed by atoms with Crippen LogP contribution >= 0.6 is 15.9 Å². The van der Waals surface area contributed by atoms with Crippen LogP contribution in [0.15, 0.2) is 39.9 Å². The van der Waals surface area contributed by atoms with Gasteiger partial charge in [0.2, 0.25) is 0 Å². The summed E-state index contributed by atoms with van der Waals surface area (Å²) in [6, 6.07) is 3.74. The number of phenolic OH excluding ortho intramolecular Hbond substituents is 1. The second kappa shape index (κ2) is 7.16. The van der Waals surface area contributed by atoms with Crippen molar-refractivity contribution in [3.05, 3.63) is 45.5 Å². The van der Waals surface area contributed by atoms with E-state index in [1.54, 1.807) is 0 Å². The van der Waals surface area contributed by atoms with Gasteiger partial charge in [-0.05, 0) is 81.6 Å². The molecule has 1 aromatic carbocycles. The zero-order chi connectivity index (χ0) is 18.2. The number of aromatic hydroxyl groups is 1. The smallest absolute Gasteiger partial charge is 0.121 e. The molecule has 25 heavy (non-hydrogen) atoms. The molecular formula is C21H29BrN2O. The Labute approximate surface area is 159 Å². The second-order valence-electron chi connectivity index (χ2n) is 7.82. The van der Waals surface area contributed by atoms with Crippen LogP contribution in [0, 0.1) is 0 Å². The van der Waals surface area contributed by atoms with Gasteiger partial charge in [-0.15, -0.1) is 0 Å². The van der Waals surface area contributed by atoms with Crippen molar-refractivity contribution in [2.75, 3.05) is 18.9 Å². The van der Waals surface area contributed by atoms with Crippen LogP contribution in [0.25, 0.3) is 0 Å². The number of benzene rings is 1. The SMILES string of the molecule is CC(C)=CCCC(C)=CC[C@@]12CCN(C)[C@@H]1Nc1c(Br)ccc(O)c12. The summed E-state index contributed by atoms with van der Waals surface area (Å²) in [5.74, 6) is 0.416.